The van der Waals surface area contributed by atoms with Crippen LogP contribution < -0.4 is 0 Å². The van der Waals surface area contributed by atoms with E-state index in [1.807, 2.05) is 6.92 Å². The largest absolute Gasteiger partial charge is 0.361 e. The van der Waals surface area contributed by atoms with Crippen molar-refractivity contribution in [2.24, 2.45) is 0 Å². The number of carbonyl (C=O) groups is 1. The standard InChI is InChI=1S/C17H17N5O4/c1-11-16(12(2)26-19-11)10-20(3)17(23)13-8-18-21(9-13)14-4-6-15(7-5-14)22(24)25/h4-9H,10H2,1-3H3. The van der Waals surface area contributed by atoms with Gasteiger partial charge in [0.05, 0.1) is 34.6 Å². The van der Waals surface area contributed by atoms with Crippen molar-refractivity contribution in [1.82, 2.24) is 19.8 Å². The SMILES string of the molecule is Cc1noc(C)c1CN(C)C(=O)c1cnn(-c2ccc([N+](=O)[O-])cc2)c1. The number of hydrogen-bond acceptors (Lipinski definition) is 6. The number of carbonyl (C=O) groups excluding carboxylic acids is 1. The van der Waals surface area contributed by atoms with Crippen molar-refractivity contribution in [2.45, 2.75) is 20.4 Å². The summed E-state index contributed by atoms with van der Waals surface area (Å²) >= 11 is 0. The van der Waals surface area contributed by atoms with E-state index in [0.29, 0.717) is 23.6 Å². The second-order valence-corrected chi connectivity index (χ2v) is 5.91. The fraction of sp³-hybridized carbons (Fsp3) is 0.235. The van der Waals surface area contributed by atoms with Gasteiger partial charge < -0.3 is 9.42 Å². The number of aromatic nitrogens is 3. The lowest BCUT2D eigenvalue weighted by atomic mass is 10.2. The molecular weight excluding hydrogens is 338 g/mol. The van der Waals surface area contributed by atoms with Gasteiger partial charge in [0.15, 0.2) is 0 Å². The first-order valence-corrected chi connectivity index (χ1v) is 7.83. The number of non-ortho nitro benzene ring substituents is 1. The van der Waals surface area contributed by atoms with Crippen LogP contribution in [0.4, 0.5) is 5.69 Å². The number of hydrogen-bond donors (Lipinski definition) is 0. The normalized spacial score (nSPS) is 10.7. The highest BCUT2D eigenvalue weighted by Gasteiger charge is 2.18. The van der Waals surface area contributed by atoms with Crippen LogP contribution in [0.15, 0.2) is 41.2 Å². The van der Waals surface area contributed by atoms with Gasteiger partial charge in [0.25, 0.3) is 11.6 Å². The van der Waals surface area contributed by atoms with Crippen molar-refractivity contribution >= 4 is 11.6 Å². The smallest absolute Gasteiger partial charge is 0.269 e. The third-order valence-corrected chi connectivity index (χ3v) is 4.08. The molecule has 2 heterocycles. The number of amides is 1. The Hall–Kier alpha value is -3.49. The molecule has 0 aliphatic carbocycles. The van der Waals surface area contributed by atoms with Crippen molar-refractivity contribution in [3.05, 3.63) is 69.4 Å². The van der Waals surface area contributed by atoms with Crippen LogP contribution in [0.5, 0.6) is 0 Å². The zero-order valence-electron chi connectivity index (χ0n) is 14.5. The summed E-state index contributed by atoms with van der Waals surface area (Å²) < 4.78 is 6.62. The van der Waals surface area contributed by atoms with Crippen LogP contribution in [-0.4, -0.2) is 37.7 Å². The Morgan fingerprint density at radius 3 is 2.58 bits per heavy atom. The first kappa shape index (κ1) is 17.3. The predicted molar refractivity (Wildman–Crippen MR) is 92.0 cm³/mol. The summed E-state index contributed by atoms with van der Waals surface area (Å²) in [4.78, 5) is 24.4. The van der Waals surface area contributed by atoms with Gasteiger partial charge in [-0.1, -0.05) is 5.16 Å². The molecule has 9 nitrogen and oxygen atoms in total. The lowest BCUT2D eigenvalue weighted by molar-refractivity contribution is -0.384. The zero-order chi connectivity index (χ0) is 18.8. The molecule has 0 N–H and O–H groups in total. The van der Waals surface area contributed by atoms with Crippen LogP contribution in [-0.2, 0) is 6.54 Å². The molecule has 0 saturated heterocycles. The van der Waals surface area contributed by atoms with E-state index in [9.17, 15) is 14.9 Å². The van der Waals surface area contributed by atoms with E-state index in [1.165, 1.54) is 23.0 Å². The maximum absolute atomic E-state index is 12.6. The molecule has 26 heavy (non-hydrogen) atoms. The van der Waals surface area contributed by atoms with Gasteiger partial charge in [-0.3, -0.25) is 14.9 Å². The van der Waals surface area contributed by atoms with E-state index in [-0.39, 0.29) is 11.6 Å². The minimum atomic E-state index is -0.467. The molecular formula is C17H17N5O4. The summed E-state index contributed by atoms with van der Waals surface area (Å²) in [5.41, 5.74) is 2.67. The molecule has 0 fully saturated rings. The summed E-state index contributed by atoms with van der Waals surface area (Å²) in [6.07, 6.45) is 3.06. The molecule has 3 aromatic rings. The Morgan fingerprint density at radius 1 is 1.31 bits per heavy atom. The van der Waals surface area contributed by atoms with Gasteiger partial charge in [0.2, 0.25) is 0 Å². The van der Waals surface area contributed by atoms with Gasteiger partial charge in [-0.2, -0.15) is 5.10 Å². The van der Waals surface area contributed by atoms with Gasteiger partial charge in [-0.25, -0.2) is 4.68 Å². The summed E-state index contributed by atoms with van der Waals surface area (Å²) in [6, 6.07) is 5.93. The Balaban J connectivity index is 1.76. The third kappa shape index (κ3) is 3.32. The molecule has 0 atom stereocenters. The average Bonchev–Trinajstić information content (AvgIpc) is 3.23. The predicted octanol–water partition coefficient (Wildman–Crippen LogP) is 2.66. The molecule has 0 aliphatic rings. The van der Waals surface area contributed by atoms with Crippen molar-refractivity contribution in [2.75, 3.05) is 7.05 Å². The van der Waals surface area contributed by atoms with Gasteiger partial charge >= 0.3 is 0 Å². The van der Waals surface area contributed by atoms with Gasteiger partial charge in [0, 0.05) is 30.9 Å². The van der Waals surface area contributed by atoms with E-state index in [4.69, 9.17) is 4.52 Å². The van der Waals surface area contributed by atoms with Crippen LogP contribution in [0.25, 0.3) is 5.69 Å². The summed E-state index contributed by atoms with van der Waals surface area (Å²) in [7, 11) is 1.69. The summed E-state index contributed by atoms with van der Waals surface area (Å²) in [6.45, 7) is 4.01. The molecule has 0 unspecified atom stereocenters. The monoisotopic (exact) mass is 355 g/mol. The Bertz CT molecular complexity index is 938. The molecule has 3 rings (SSSR count). The van der Waals surface area contributed by atoms with Crippen LogP contribution >= 0.6 is 0 Å². The quantitative estimate of drug-likeness (QED) is 0.514. The molecule has 0 saturated carbocycles. The van der Waals surface area contributed by atoms with E-state index in [1.54, 1.807) is 37.2 Å². The number of benzene rings is 1. The highest BCUT2D eigenvalue weighted by atomic mass is 16.6. The highest BCUT2D eigenvalue weighted by molar-refractivity contribution is 5.93. The third-order valence-electron chi connectivity index (χ3n) is 4.08. The summed E-state index contributed by atoms with van der Waals surface area (Å²) in [5, 5.41) is 18.8. The van der Waals surface area contributed by atoms with Crippen molar-refractivity contribution in [3.63, 3.8) is 0 Å². The molecule has 0 radical (unpaired) electrons. The molecule has 0 bridgehead atoms. The van der Waals surface area contributed by atoms with Crippen LogP contribution in [0.1, 0.15) is 27.4 Å². The Morgan fingerprint density at radius 2 is 2.00 bits per heavy atom. The highest BCUT2D eigenvalue weighted by Crippen LogP contribution is 2.17. The second-order valence-electron chi connectivity index (χ2n) is 5.91. The number of nitro benzene ring substituents is 1. The van der Waals surface area contributed by atoms with Crippen LogP contribution in [0.3, 0.4) is 0 Å². The average molecular weight is 355 g/mol. The van der Waals surface area contributed by atoms with E-state index in [0.717, 1.165) is 11.3 Å². The van der Waals surface area contributed by atoms with Crippen molar-refractivity contribution in [3.8, 4) is 5.69 Å². The van der Waals surface area contributed by atoms with Crippen molar-refractivity contribution < 1.29 is 14.2 Å². The molecule has 0 spiro atoms. The van der Waals surface area contributed by atoms with Gasteiger partial charge in [0.1, 0.15) is 5.76 Å². The minimum Gasteiger partial charge on any atom is -0.361 e. The minimum absolute atomic E-state index is 0.00333. The van der Waals surface area contributed by atoms with E-state index < -0.39 is 4.92 Å². The number of nitrogens with zero attached hydrogens (tertiary/aromatic N) is 5. The van der Waals surface area contributed by atoms with Gasteiger partial charge in [-0.05, 0) is 26.0 Å². The molecule has 1 aromatic carbocycles. The molecule has 9 heteroatoms. The second kappa shape index (κ2) is 6.79. The lowest BCUT2D eigenvalue weighted by Crippen LogP contribution is -2.26. The Labute approximate surface area is 149 Å². The first-order chi connectivity index (χ1) is 12.4. The zero-order valence-corrected chi connectivity index (χ0v) is 14.5. The maximum Gasteiger partial charge on any atom is 0.269 e. The number of aryl methyl sites for hydroxylation is 2. The first-order valence-electron chi connectivity index (χ1n) is 7.83. The fourth-order valence-corrected chi connectivity index (χ4v) is 2.56. The van der Waals surface area contributed by atoms with Crippen LogP contribution in [0, 0.1) is 24.0 Å². The number of rotatable bonds is 5. The molecule has 2 aromatic heterocycles. The molecule has 1 amide bonds. The van der Waals surface area contributed by atoms with Gasteiger partial charge in [-0.15, -0.1) is 0 Å². The van der Waals surface area contributed by atoms with E-state index >= 15 is 0 Å². The van der Waals surface area contributed by atoms with Crippen LogP contribution in [0.2, 0.25) is 0 Å². The Kier molecular flexibility index (Phi) is 4.53. The summed E-state index contributed by atoms with van der Waals surface area (Å²) in [5.74, 6) is 0.488. The van der Waals surface area contributed by atoms with E-state index in [2.05, 4.69) is 10.3 Å². The van der Waals surface area contributed by atoms with Crippen molar-refractivity contribution in [1.29, 1.82) is 0 Å². The lowest BCUT2D eigenvalue weighted by Gasteiger charge is -2.15. The molecule has 134 valence electrons. The topological polar surface area (TPSA) is 107 Å². The maximum atomic E-state index is 12.6. The molecule has 0 aliphatic heterocycles. The number of nitro groups is 1. The fourth-order valence-electron chi connectivity index (χ4n) is 2.56.